The van der Waals surface area contributed by atoms with Crippen LogP contribution in [0, 0.1) is 16.7 Å². The van der Waals surface area contributed by atoms with Crippen molar-refractivity contribution < 1.29 is 0 Å². The fourth-order valence-corrected chi connectivity index (χ4v) is 2.08. The minimum Gasteiger partial charge on any atom is -0.316 e. The van der Waals surface area contributed by atoms with E-state index in [1.54, 1.807) is 0 Å². The van der Waals surface area contributed by atoms with E-state index in [9.17, 15) is 0 Å². The number of piperidine rings is 1. The largest absolute Gasteiger partial charge is 0.316 e. The molecule has 0 bridgehead atoms. The Morgan fingerprint density at radius 3 is 2.08 bits per heavy atom. The molecule has 1 heteroatoms. The van der Waals surface area contributed by atoms with Gasteiger partial charge in [0.15, 0.2) is 0 Å². The Hall–Kier alpha value is -0.0400. The smallest absolute Gasteiger partial charge is 0.00152 e. The summed E-state index contributed by atoms with van der Waals surface area (Å²) >= 11 is 0. The van der Waals surface area contributed by atoms with Crippen LogP contribution >= 0.6 is 0 Å². The summed E-state index contributed by atoms with van der Waals surface area (Å²) in [5, 5.41) is 3.51. The predicted molar refractivity (Wildman–Crippen MR) is 58.8 cm³/mol. The van der Waals surface area contributed by atoms with Gasteiger partial charge < -0.3 is 5.32 Å². The van der Waals surface area contributed by atoms with Crippen molar-refractivity contribution in [3.05, 3.63) is 0 Å². The van der Waals surface area contributed by atoms with Gasteiger partial charge in [-0.2, -0.15) is 0 Å². The highest BCUT2D eigenvalue weighted by molar-refractivity contribution is 4.90. The van der Waals surface area contributed by atoms with Crippen LogP contribution in [0.4, 0.5) is 0 Å². The van der Waals surface area contributed by atoms with Crippen LogP contribution in [0.3, 0.4) is 0 Å². The lowest BCUT2D eigenvalue weighted by atomic mass is 9.60. The van der Waals surface area contributed by atoms with Crippen molar-refractivity contribution in [1.82, 2.24) is 5.32 Å². The van der Waals surface area contributed by atoms with Gasteiger partial charge in [-0.25, -0.2) is 0 Å². The Balaban J connectivity index is 2.67. The lowest BCUT2D eigenvalue weighted by Crippen LogP contribution is -2.44. The normalized spacial score (nSPS) is 26.1. The Morgan fingerprint density at radius 1 is 1.08 bits per heavy atom. The van der Waals surface area contributed by atoms with Crippen molar-refractivity contribution >= 4 is 0 Å². The van der Waals surface area contributed by atoms with Crippen LogP contribution < -0.4 is 5.32 Å². The summed E-state index contributed by atoms with van der Waals surface area (Å²) in [5.41, 5.74) is 0.858. The molecule has 0 aromatic carbocycles. The fraction of sp³-hybridized carbons (Fsp3) is 1.00. The molecule has 0 saturated carbocycles. The molecule has 1 aliphatic heterocycles. The Labute approximate surface area is 83.3 Å². The summed E-state index contributed by atoms with van der Waals surface area (Å²) in [4.78, 5) is 0. The summed E-state index contributed by atoms with van der Waals surface area (Å²) in [5.74, 6) is 0.848. The molecule has 0 amide bonds. The number of rotatable bonds is 1. The zero-order valence-corrected chi connectivity index (χ0v) is 9.91. The van der Waals surface area contributed by atoms with E-state index >= 15 is 0 Å². The maximum absolute atomic E-state index is 3.51. The highest BCUT2D eigenvalue weighted by Crippen LogP contribution is 2.46. The van der Waals surface area contributed by atoms with E-state index in [4.69, 9.17) is 0 Å². The highest BCUT2D eigenvalue weighted by atomic mass is 14.9. The minimum absolute atomic E-state index is 0.413. The van der Waals surface area contributed by atoms with Crippen LogP contribution in [0.2, 0.25) is 0 Å². The highest BCUT2D eigenvalue weighted by Gasteiger charge is 2.39. The van der Waals surface area contributed by atoms with Gasteiger partial charge in [0.25, 0.3) is 0 Å². The maximum atomic E-state index is 3.51. The van der Waals surface area contributed by atoms with Crippen molar-refractivity contribution in [2.75, 3.05) is 13.1 Å². The van der Waals surface area contributed by atoms with Gasteiger partial charge in [-0.3, -0.25) is 0 Å². The minimum atomic E-state index is 0.413. The van der Waals surface area contributed by atoms with Gasteiger partial charge >= 0.3 is 0 Å². The average Bonchev–Trinajstić information content (AvgIpc) is 2.04. The summed E-state index contributed by atoms with van der Waals surface area (Å²) in [6, 6.07) is 0. The van der Waals surface area contributed by atoms with Gasteiger partial charge in [-0.1, -0.05) is 34.6 Å². The van der Waals surface area contributed by atoms with Crippen LogP contribution in [-0.2, 0) is 0 Å². The van der Waals surface area contributed by atoms with Crippen molar-refractivity contribution in [2.24, 2.45) is 16.7 Å². The second-order valence-corrected chi connectivity index (χ2v) is 6.01. The quantitative estimate of drug-likeness (QED) is 0.659. The van der Waals surface area contributed by atoms with Gasteiger partial charge in [0.05, 0.1) is 0 Å². The van der Waals surface area contributed by atoms with Crippen molar-refractivity contribution in [1.29, 1.82) is 0 Å². The van der Waals surface area contributed by atoms with Gasteiger partial charge in [0.2, 0.25) is 0 Å². The van der Waals surface area contributed by atoms with Crippen LogP contribution in [0.5, 0.6) is 0 Å². The summed E-state index contributed by atoms with van der Waals surface area (Å²) < 4.78 is 0. The lowest BCUT2D eigenvalue weighted by Gasteiger charge is -2.46. The summed E-state index contributed by atoms with van der Waals surface area (Å²) in [7, 11) is 0. The molecular weight excluding hydrogens is 158 g/mol. The van der Waals surface area contributed by atoms with E-state index in [1.807, 2.05) is 0 Å². The van der Waals surface area contributed by atoms with E-state index in [0.717, 1.165) is 5.92 Å². The lowest BCUT2D eigenvalue weighted by molar-refractivity contribution is 0.0401. The van der Waals surface area contributed by atoms with E-state index in [1.165, 1.54) is 25.9 Å². The molecule has 1 nitrogen and oxygen atoms in total. The molecule has 1 atom stereocenters. The molecule has 78 valence electrons. The summed E-state index contributed by atoms with van der Waals surface area (Å²) in [6.07, 6.45) is 2.75. The molecule has 1 heterocycles. The zero-order valence-electron chi connectivity index (χ0n) is 9.91. The monoisotopic (exact) mass is 183 g/mol. The van der Waals surface area contributed by atoms with E-state index in [0.29, 0.717) is 10.8 Å². The van der Waals surface area contributed by atoms with Crippen LogP contribution in [0.15, 0.2) is 0 Å². The zero-order chi connectivity index (χ0) is 10.1. The molecule has 1 N–H and O–H groups in total. The first kappa shape index (κ1) is 11.0. The third-order valence-electron chi connectivity index (χ3n) is 4.25. The first-order chi connectivity index (χ1) is 5.86. The van der Waals surface area contributed by atoms with Crippen molar-refractivity contribution in [3.63, 3.8) is 0 Å². The third kappa shape index (κ3) is 2.25. The molecule has 13 heavy (non-hydrogen) atoms. The molecule has 0 radical (unpaired) electrons. The first-order valence-corrected chi connectivity index (χ1v) is 5.56. The second-order valence-electron chi connectivity index (χ2n) is 6.01. The molecule has 0 aliphatic carbocycles. The molecule has 0 aromatic rings. The van der Waals surface area contributed by atoms with Crippen LogP contribution in [0.1, 0.15) is 47.5 Å². The third-order valence-corrected chi connectivity index (χ3v) is 4.25. The van der Waals surface area contributed by atoms with Crippen LogP contribution in [0.25, 0.3) is 0 Å². The fourth-order valence-electron chi connectivity index (χ4n) is 2.08. The molecular formula is C12H25N. The average molecular weight is 183 g/mol. The maximum Gasteiger partial charge on any atom is -0.00152 e. The molecule has 1 fully saturated rings. The Morgan fingerprint density at radius 2 is 1.69 bits per heavy atom. The van der Waals surface area contributed by atoms with Gasteiger partial charge in [-0.15, -0.1) is 0 Å². The molecule has 1 saturated heterocycles. The van der Waals surface area contributed by atoms with Crippen molar-refractivity contribution in [3.8, 4) is 0 Å². The van der Waals surface area contributed by atoms with E-state index in [-0.39, 0.29) is 0 Å². The molecule has 1 aliphatic rings. The number of nitrogens with one attached hydrogen (secondary N) is 1. The van der Waals surface area contributed by atoms with E-state index < -0.39 is 0 Å². The van der Waals surface area contributed by atoms with Crippen LogP contribution in [-0.4, -0.2) is 13.1 Å². The van der Waals surface area contributed by atoms with Crippen molar-refractivity contribution in [2.45, 2.75) is 47.5 Å². The molecule has 1 unspecified atom stereocenters. The van der Waals surface area contributed by atoms with Gasteiger partial charge in [0.1, 0.15) is 0 Å². The number of hydrogen-bond donors (Lipinski definition) is 1. The topological polar surface area (TPSA) is 12.0 Å². The second kappa shape index (κ2) is 3.61. The van der Waals surface area contributed by atoms with Gasteiger partial charge in [-0.05, 0) is 42.7 Å². The predicted octanol–water partition coefficient (Wildman–Crippen LogP) is 3.06. The molecule has 0 spiro atoms. The van der Waals surface area contributed by atoms with Gasteiger partial charge in [0, 0.05) is 0 Å². The summed E-state index contributed by atoms with van der Waals surface area (Å²) in [6.45, 7) is 14.4. The SMILES string of the molecule is CC(C)(C)C(C)(C)C1CCCNC1. The van der Waals surface area contributed by atoms with E-state index in [2.05, 4.69) is 39.9 Å². The molecule has 0 aromatic heterocycles. The first-order valence-electron chi connectivity index (χ1n) is 5.56. The Kier molecular flexibility index (Phi) is 3.06. The molecule has 1 rings (SSSR count). The standard InChI is InChI=1S/C12H25N/c1-11(2,3)12(4,5)10-7-6-8-13-9-10/h10,13H,6-9H2,1-5H3. The Bertz CT molecular complexity index is 158. The number of hydrogen-bond acceptors (Lipinski definition) is 1.